The number of nitrogens with one attached hydrogen (secondary N) is 2. The molecule has 2 atom stereocenters. The molecule has 1 fully saturated rings. The van der Waals surface area contributed by atoms with Gasteiger partial charge in [-0.2, -0.15) is 0 Å². The largest absolute Gasteiger partial charge is 0.508 e. The van der Waals surface area contributed by atoms with Crippen LogP contribution in [0.1, 0.15) is 19.8 Å². The third kappa shape index (κ3) is 3.89. The molecule has 0 aliphatic carbocycles. The summed E-state index contributed by atoms with van der Waals surface area (Å²) in [4.78, 5) is 12.0. The molecule has 100 valence electrons. The Morgan fingerprint density at radius 2 is 2.28 bits per heavy atom. The second-order valence-electron chi connectivity index (χ2n) is 4.62. The number of halogens is 1. The number of hydrogen-bond acceptors (Lipinski definition) is 3. The van der Waals surface area contributed by atoms with Crippen LogP contribution in [0.5, 0.6) is 5.75 Å². The van der Waals surface area contributed by atoms with Gasteiger partial charge < -0.3 is 15.7 Å². The summed E-state index contributed by atoms with van der Waals surface area (Å²) in [5, 5.41) is 15.5. The first-order valence-electron chi connectivity index (χ1n) is 5.98. The van der Waals surface area contributed by atoms with Crippen LogP contribution in [0.25, 0.3) is 0 Å². The first-order valence-corrected chi connectivity index (χ1v) is 5.98. The van der Waals surface area contributed by atoms with Gasteiger partial charge in [0, 0.05) is 23.7 Å². The maximum atomic E-state index is 12.0. The van der Waals surface area contributed by atoms with Gasteiger partial charge in [-0.3, -0.25) is 4.79 Å². The molecule has 1 aliphatic heterocycles. The van der Waals surface area contributed by atoms with E-state index in [2.05, 4.69) is 17.6 Å². The molecule has 0 aromatic heterocycles. The molecule has 1 aliphatic rings. The number of amides is 1. The Labute approximate surface area is 113 Å². The van der Waals surface area contributed by atoms with E-state index in [0.29, 0.717) is 11.7 Å². The number of carbonyl (C=O) groups is 1. The predicted molar refractivity (Wildman–Crippen MR) is 74.2 cm³/mol. The number of aromatic hydroxyl groups is 1. The minimum atomic E-state index is 0. The first-order chi connectivity index (χ1) is 8.15. The molecule has 18 heavy (non-hydrogen) atoms. The van der Waals surface area contributed by atoms with E-state index in [0.717, 1.165) is 19.4 Å². The van der Waals surface area contributed by atoms with Crippen molar-refractivity contribution in [2.75, 3.05) is 11.9 Å². The molecule has 1 aromatic carbocycles. The zero-order valence-corrected chi connectivity index (χ0v) is 11.2. The van der Waals surface area contributed by atoms with E-state index >= 15 is 0 Å². The molecule has 1 saturated heterocycles. The van der Waals surface area contributed by atoms with Crippen LogP contribution in [-0.2, 0) is 4.79 Å². The van der Waals surface area contributed by atoms with E-state index in [-0.39, 0.29) is 30.0 Å². The Morgan fingerprint density at radius 1 is 1.50 bits per heavy atom. The van der Waals surface area contributed by atoms with Gasteiger partial charge in [-0.25, -0.2) is 0 Å². The maximum absolute atomic E-state index is 12.0. The Morgan fingerprint density at radius 3 is 2.94 bits per heavy atom. The standard InChI is InChI=1S/C13H18N2O2.ClH/c1-9-7-10(5-6-14-9)13(17)15-11-3-2-4-12(16)8-11;/h2-4,8-10,14,16H,5-7H2,1H3,(H,15,17);1H/t9-,10-;/m0./s1. The van der Waals surface area contributed by atoms with E-state index in [1.54, 1.807) is 24.3 Å². The molecule has 2 rings (SSSR count). The number of piperidine rings is 1. The van der Waals surface area contributed by atoms with Gasteiger partial charge in [-0.05, 0) is 38.4 Å². The maximum Gasteiger partial charge on any atom is 0.227 e. The Bertz CT molecular complexity index is 412. The summed E-state index contributed by atoms with van der Waals surface area (Å²) in [6.45, 7) is 2.98. The summed E-state index contributed by atoms with van der Waals surface area (Å²) in [6.07, 6.45) is 1.74. The van der Waals surface area contributed by atoms with Gasteiger partial charge in [-0.15, -0.1) is 12.4 Å². The normalized spacial score (nSPS) is 22.9. The molecule has 0 radical (unpaired) electrons. The van der Waals surface area contributed by atoms with Crippen LogP contribution in [0, 0.1) is 5.92 Å². The lowest BCUT2D eigenvalue weighted by molar-refractivity contribution is -0.120. The predicted octanol–water partition coefficient (Wildman–Crippen LogP) is 2.14. The van der Waals surface area contributed by atoms with Gasteiger partial charge in [0.15, 0.2) is 0 Å². The summed E-state index contributed by atoms with van der Waals surface area (Å²) in [7, 11) is 0. The van der Waals surface area contributed by atoms with E-state index in [1.165, 1.54) is 0 Å². The highest BCUT2D eigenvalue weighted by molar-refractivity contribution is 5.92. The molecule has 1 heterocycles. The minimum Gasteiger partial charge on any atom is -0.508 e. The molecule has 1 aromatic rings. The highest BCUT2D eigenvalue weighted by Gasteiger charge is 2.24. The SMILES string of the molecule is C[C@H]1C[C@@H](C(=O)Nc2cccc(O)c2)CCN1.Cl. The van der Waals surface area contributed by atoms with Crippen molar-refractivity contribution in [1.82, 2.24) is 5.32 Å². The van der Waals surface area contributed by atoms with Crippen molar-refractivity contribution in [2.45, 2.75) is 25.8 Å². The van der Waals surface area contributed by atoms with Crippen LogP contribution in [0.3, 0.4) is 0 Å². The lowest BCUT2D eigenvalue weighted by atomic mass is 9.92. The second-order valence-corrected chi connectivity index (χ2v) is 4.62. The van der Waals surface area contributed by atoms with Crippen molar-refractivity contribution in [3.63, 3.8) is 0 Å². The zero-order chi connectivity index (χ0) is 12.3. The van der Waals surface area contributed by atoms with Crippen molar-refractivity contribution in [2.24, 2.45) is 5.92 Å². The molecule has 0 saturated carbocycles. The highest BCUT2D eigenvalue weighted by Crippen LogP contribution is 2.20. The van der Waals surface area contributed by atoms with Crippen LogP contribution >= 0.6 is 12.4 Å². The van der Waals surface area contributed by atoms with Crippen molar-refractivity contribution < 1.29 is 9.90 Å². The van der Waals surface area contributed by atoms with Crippen LogP contribution in [0.2, 0.25) is 0 Å². The van der Waals surface area contributed by atoms with E-state index in [9.17, 15) is 9.90 Å². The Hall–Kier alpha value is -1.26. The highest BCUT2D eigenvalue weighted by atomic mass is 35.5. The van der Waals surface area contributed by atoms with Crippen LogP contribution in [0.4, 0.5) is 5.69 Å². The van der Waals surface area contributed by atoms with Gasteiger partial charge in [0.1, 0.15) is 5.75 Å². The van der Waals surface area contributed by atoms with Crippen molar-refractivity contribution in [3.8, 4) is 5.75 Å². The molecule has 0 unspecified atom stereocenters. The fourth-order valence-electron chi connectivity index (χ4n) is 2.20. The third-order valence-corrected chi connectivity index (χ3v) is 3.11. The van der Waals surface area contributed by atoms with Gasteiger partial charge in [0.05, 0.1) is 0 Å². The Kier molecular flexibility index (Phi) is 5.44. The molecule has 1 amide bonds. The lowest BCUT2D eigenvalue weighted by Gasteiger charge is -2.27. The van der Waals surface area contributed by atoms with Crippen LogP contribution < -0.4 is 10.6 Å². The number of anilines is 1. The summed E-state index contributed by atoms with van der Waals surface area (Å²) < 4.78 is 0. The smallest absolute Gasteiger partial charge is 0.227 e. The third-order valence-electron chi connectivity index (χ3n) is 3.11. The topological polar surface area (TPSA) is 61.4 Å². The van der Waals surface area contributed by atoms with Crippen molar-refractivity contribution >= 4 is 24.0 Å². The Balaban J connectivity index is 0.00000162. The molecule has 0 bridgehead atoms. The van der Waals surface area contributed by atoms with Gasteiger partial charge in [0.2, 0.25) is 5.91 Å². The van der Waals surface area contributed by atoms with E-state index in [1.807, 2.05) is 0 Å². The zero-order valence-electron chi connectivity index (χ0n) is 10.3. The first kappa shape index (κ1) is 14.8. The van der Waals surface area contributed by atoms with Crippen LogP contribution in [-0.4, -0.2) is 23.6 Å². The number of phenolic OH excluding ortho intramolecular Hbond substituents is 1. The number of benzene rings is 1. The summed E-state index contributed by atoms with van der Waals surface area (Å²) in [5.74, 6) is 0.277. The average Bonchev–Trinajstić information content (AvgIpc) is 2.29. The van der Waals surface area contributed by atoms with Gasteiger partial charge >= 0.3 is 0 Å². The quantitative estimate of drug-likeness (QED) is 0.772. The molecule has 3 N–H and O–H groups in total. The van der Waals surface area contributed by atoms with Gasteiger partial charge in [-0.1, -0.05) is 6.07 Å². The van der Waals surface area contributed by atoms with E-state index in [4.69, 9.17) is 0 Å². The molecular formula is C13H19ClN2O2. The molecule has 4 nitrogen and oxygen atoms in total. The van der Waals surface area contributed by atoms with Gasteiger partial charge in [0.25, 0.3) is 0 Å². The fraction of sp³-hybridized carbons (Fsp3) is 0.462. The average molecular weight is 271 g/mol. The second kappa shape index (κ2) is 6.61. The number of rotatable bonds is 2. The number of hydrogen-bond donors (Lipinski definition) is 3. The van der Waals surface area contributed by atoms with Crippen molar-refractivity contribution in [1.29, 1.82) is 0 Å². The summed E-state index contributed by atoms with van der Waals surface area (Å²) in [6, 6.07) is 7.03. The number of phenols is 1. The fourth-order valence-corrected chi connectivity index (χ4v) is 2.20. The lowest BCUT2D eigenvalue weighted by Crippen LogP contribution is -2.40. The van der Waals surface area contributed by atoms with Crippen molar-refractivity contribution in [3.05, 3.63) is 24.3 Å². The van der Waals surface area contributed by atoms with Crippen LogP contribution in [0.15, 0.2) is 24.3 Å². The molecule has 0 spiro atoms. The van der Waals surface area contributed by atoms with E-state index < -0.39 is 0 Å². The minimum absolute atomic E-state index is 0. The number of carbonyl (C=O) groups excluding carboxylic acids is 1. The molecule has 5 heteroatoms. The summed E-state index contributed by atoms with van der Waals surface area (Å²) in [5.41, 5.74) is 0.654. The molecular weight excluding hydrogens is 252 g/mol. The monoisotopic (exact) mass is 270 g/mol. The summed E-state index contributed by atoms with van der Waals surface area (Å²) >= 11 is 0.